The molecule has 0 saturated carbocycles. The number of hydrogen-bond acceptors (Lipinski definition) is 4. The highest BCUT2D eigenvalue weighted by Gasteiger charge is 2.05. The molecule has 0 spiro atoms. The summed E-state index contributed by atoms with van der Waals surface area (Å²) in [5.41, 5.74) is 3.04. The minimum Gasteiger partial charge on any atom is -0.497 e. The number of rotatable bonds is 3. The third-order valence-corrected chi connectivity index (χ3v) is 2.60. The first-order valence-corrected chi connectivity index (χ1v) is 5.39. The zero-order valence-corrected chi connectivity index (χ0v) is 10.2. The van der Waals surface area contributed by atoms with Crippen LogP contribution in [0.5, 0.6) is 5.75 Å². The van der Waals surface area contributed by atoms with Gasteiger partial charge in [0.25, 0.3) is 0 Å². The number of nitrogens with zero attached hydrogens (tertiary/aromatic N) is 2. The van der Waals surface area contributed by atoms with E-state index < -0.39 is 0 Å². The largest absolute Gasteiger partial charge is 0.497 e. The fourth-order valence-corrected chi connectivity index (χ4v) is 1.67. The maximum Gasteiger partial charge on any atom is 0.144 e. The normalized spacial score (nSPS) is 10.1. The smallest absolute Gasteiger partial charge is 0.144 e. The molecule has 2 aromatic rings. The summed E-state index contributed by atoms with van der Waals surface area (Å²) in [5, 5.41) is 2.98. The SMILES string of the molecule is CNc1cncc(-c2ccc(OC)cc2C)n1. The molecular weight excluding hydrogens is 214 g/mol. The Morgan fingerprint density at radius 3 is 2.71 bits per heavy atom. The number of anilines is 1. The van der Waals surface area contributed by atoms with E-state index in [9.17, 15) is 0 Å². The van der Waals surface area contributed by atoms with Gasteiger partial charge in [-0.2, -0.15) is 0 Å². The molecule has 0 unspecified atom stereocenters. The summed E-state index contributed by atoms with van der Waals surface area (Å²) in [5.74, 6) is 1.61. The lowest BCUT2D eigenvalue weighted by molar-refractivity contribution is 0.414. The summed E-state index contributed by atoms with van der Waals surface area (Å²) in [4.78, 5) is 8.62. The zero-order chi connectivity index (χ0) is 12.3. The van der Waals surface area contributed by atoms with Crippen LogP contribution in [0, 0.1) is 6.92 Å². The summed E-state index contributed by atoms with van der Waals surface area (Å²) in [6, 6.07) is 5.91. The molecule has 0 bridgehead atoms. The first-order valence-electron chi connectivity index (χ1n) is 5.39. The number of benzene rings is 1. The molecule has 0 saturated heterocycles. The second-order valence-electron chi connectivity index (χ2n) is 3.72. The summed E-state index contributed by atoms with van der Waals surface area (Å²) < 4.78 is 5.18. The van der Waals surface area contributed by atoms with Crippen LogP contribution in [0.2, 0.25) is 0 Å². The predicted molar refractivity (Wildman–Crippen MR) is 68.3 cm³/mol. The molecule has 4 nitrogen and oxygen atoms in total. The third kappa shape index (κ3) is 2.36. The van der Waals surface area contributed by atoms with Gasteiger partial charge in [-0.25, -0.2) is 4.98 Å². The molecule has 17 heavy (non-hydrogen) atoms. The number of ether oxygens (including phenoxy) is 1. The fraction of sp³-hybridized carbons (Fsp3) is 0.231. The van der Waals surface area contributed by atoms with E-state index in [0.717, 1.165) is 28.4 Å². The van der Waals surface area contributed by atoms with Crippen molar-refractivity contribution in [2.24, 2.45) is 0 Å². The topological polar surface area (TPSA) is 47.0 Å². The molecule has 88 valence electrons. The number of nitrogens with one attached hydrogen (secondary N) is 1. The Bertz CT molecular complexity index is 526. The highest BCUT2D eigenvalue weighted by molar-refractivity contribution is 5.65. The van der Waals surface area contributed by atoms with E-state index in [-0.39, 0.29) is 0 Å². The number of aryl methyl sites for hydroxylation is 1. The number of methoxy groups -OCH3 is 1. The van der Waals surface area contributed by atoms with Crippen molar-refractivity contribution in [1.82, 2.24) is 9.97 Å². The highest BCUT2D eigenvalue weighted by Crippen LogP contribution is 2.25. The molecule has 1 heterocycles. The number of aromatic nitrogens is 2. The van der Waals surface area contributed by atoms with Gasteiger partial charge < -0.3 is 10.1 Å². The first kappa shape index (κ1) is 11.4. The lowest BCUT2D eigenvalue weighted by atomic mass is 10.1. The van der Waals surface area contributed by atoms with E-state index >= 15 is 0 Å². The van der Waals surface area contributed by atoms with Crippen LogP contribution in [0.15, 0.2) is 30.6 Å². The lowest BCUT2D eigenvalue weighted by Crippen LogP contribution is -1.96. The Morgan fingerprint density at radius 1 is 1.24 bits per heavy atom. The summed E-state index contributed by atoms with van der Waals surface area (Å²) in [7, 11) is 3.49. The Morgan fingerprint density at radius 2 is 2.06 bits per heavy atom. The van der Waals surface area contributed by atoms with E-state index in [4.69, 9.17) is 4.74 Å². The molecule has 0 aliphatic rings. The van der Waals surface area contributed by atoms with Crippen molar-refractivity contribution < 1.29 is 4.74 Å². The van der Waals surface area contributed by atoms with Gasteiger partial charge in [-0.15, -0.1) is 0 Å². The van der Waals surface area contributed by atoms with E-state index in [2.05, 4.69) is 15.3 Å². The van der Waals surface area contributed by atoms with Crippen LogP contribution in [-0.4, -0.2) is 24.1 Å². The average molecular weight is 229 g/mol. The Labute approximate surface area is 101 Å². The van der Waals surface area contributed by atoms with Gasteiger partial charge in [0.15, 0.2) is 0 Å². The molecule has 0 aliphatic carbocycles. The third-order valence-electron chi connectivity index (χ3n) is 2.60. The van der Waals surface area contributed by atoms with Crippen molar-refractivity contribution in [3.05, 3.63) is 36.2 Å². The van der Waals surface area contributed by atoms with Crippen molar-refractivity contribution in [2.75, 3.05) is 19.5 Å². The van der Waals surface area contributed by atoms with Gasteiger partial charge >= 0.3 is 0 Å². The first-order chi connectivity index (χ1) is 8.24. The van der Waals surface area contributed by atoms with E-state index in [1.165, 1.54) is 0 Å². The van der Waals surface area contributed by atoms with Gasteiger partial charge in [0.1, 0.15) is 11.6 Å². The van der Waals surface area contributed by atoms with Crippen LogP contribution in [0.25, 0.3) is 11.3 Å². The van der Waals surface area contributed by atoms with Gasteiger partial charge in [0.2, 0.25) is 0 Å². The maximum atomic E-state index is 5.18. The monoisotopic (exact) mass is 229 g/mol. The van der Waals surface area contributed by atoms with E-state index in [0.29, 0.717) is 0 Å². The van der Waals surface area contributed by atoms with Crippen molar-refractivity contribution in [2.45, 2.75) is 6.92 Å². The molecule has 2 rings (SSSR count). The van der Waals surface area contributed by atoms with Crippen LogP contribution < -0.4 is 10.1 Å². The zero-order valence-electron chi connectivity index (χ0n) is 10.2. The minimum atomic E-state index is 0.762. The average Bonchev–Trinajstić information content (AvgIpc) is 2.38. The van der Waals surface area contributed by atoms with Gasteiger partial charge in [-0.05, 0) is 30.7 Å². The van der Waals surface area contributed by atoms with E-state index in [1.54, 1.807) is 19.5 Å². The van der Waals surface area contributed by atoms with Crippen LogP contribution in [-0.2, 0) is 0 Å². The van der Waals surface area contributed by atoms with Gasteiger partial charge in [-0.3, -0.25) is 4.98 Å². The van der Waals surface area contributed by atoms with Gasteiger partial charge in [-0.1, -0.05) is 0 Å². The fourth-order valence-electron chi connectivity index (χ4n) is 1.67. The van der Waals surface area contributed by atoms with Gasteiger partial charge in [0, 0.05) is 12.6 Å². The molecule has 1 aromatic carbocycles. The Hall–Kier alpha value is -2.10. The summed E-state index contributed by atoms with van der Waals surface area (Å²) >= 11 is 0. The summed E-state index contributed by atoms with van der Waals surface area (Å²) in [6.07, 6.45) is 3.46. The van der Waals surface area contributed by atoms with Crippen LogP contribution in [0.3, 0.4) is 0 Å². The highest BCUT2D eigenvalue weighted by atomic mass is 16.5. The van der Waals surface area contributed by atoms with Crippen LogP contribution in [0.4, 0.5) is 5.82 Å². The molecule has 0 aliphatic heterocycles. The Balaban J connectivity index is 2.45. The molecule has 0 amide bonds. The predicted octanol–water partition coefficient (Wildman–Crippen LogP) is 2.50. The summed E-state index contributed by atoms with van der Waals surface area (Å²) in [6.45, 7) is 2.03. The maximum absolute atomic E-state index is 5.18. The molecule has 0 radical (unpaired) electrons. The molecule has 0 atom stereocenters. The van der Waals surface area contributed by atoms with Crippen LogP contribution in [0.1, 0.15) is 5.56 Å². The lowest BCUT2D eigenvalue weighted by Gasteiger charge is -2.08. The van der Waals surface area contributed by atoms with Crippen molar-refractivity contribution >= 4 is 5.82 Å². The quantitative estimate of drug-likeness (QED) is 0.878. The Kier molecular flexibility index (Phi) is 3.23. The van der Waals surface area contributed by atoms with Crippen molar-refractivity contribution in [3.8, 4) is 17.0 Å². The molecule has 1 N–H and O–H groups in total. The standard InChI is InChI=1S/C13H15N3O/c1-9-6-10(17-3)4-5-11(9)12-7-15-8-13(14-2)16-12/h4-8H,1-3H3,(H,14,16). The number of hydrogen-bond donors (Lipinski definition) is 1. The molecule has 4 heteroatoms. The van der Waals surface area contributed by atoms with Crippen LogP contribution >= 0.6 is 0 Å². The minimum absolute atomic E-state index is 0.762. The van der Waals surface area contributed by atoms with E-state index in [1.807, 2.05) is 32.2 Å². The second-order valence-corrected chi connectivity index (χ2v) is 3.72. The van der Waals surface area contributed by atoms with Gasteiger partial charge in [0.05, 0.1) is 25.2 Å². The van der Waals surface area contributed by atoms with Crippen molar-refractivity contribution in [3.63, 3.8) is 0 Å². The van der Waals surface area contributed by atoms with Crippen molar-refractivity contribution in [1.29, 1.82) is 0 Å². The molecule has 0 fully saturated rings. The second kappa shape index (κ2) is 4.82. The molecular formula is C13H15N3O. The molecule has 1 aromatic heterocycles.